The number of thioether (sulfide) groups is 1. The molecule has 0 saturated carbocycles. The average molecular weight is 524 g/mol. The molecule has 1 N–H and O–H groups in total. The predicted molar refractivity (Wildman–Crippen MR) is 135 cm³/mol. The van der Waals surface area contributed by atoms with Gasteiger partial charge >= 0.3 is 12.1 Å². The van der Waals surface area contributed by atoms with Crippen molar-refractivity contribution in [1.29, 1.82) is 0 Å². The summed E-state index contributed by atoms with van der Waals surface area (Å²) in [7, 11) is 0. The quantitative estimate of drug-likeness (QED) is 0.287. The molecule has 3 rings (SSSR count). The Bertz CT molecular complexity index is 1160. The number of alkyl halides is 3. The summed E-state index contributed by atoms with van der Waals surface area (Å²) in [6.45, 7) is 9.70. The van der Waals surface area contributed by atoms with Crippen LogP contribution in [0.5, 0.6) is 5.75 Å². The number of aliphatic carboxylic acids is 1. The Morgan fingerprint density at radius 3 is 2.14 bits per heavy atom. The zero-order valence-electron chi connectivity index (χ0n) is 20.2. The first-order valence-electron chi connectivity index (χ1n) is 11.2. The summed E-state index contributed by atoms with van der Waals surface area (Å²) < 4.78 is 44.3. The van der Waals surface area contributed by atoms with Gasteiger partial charge in [0.15, 0.2) is 6.61 Å². The lowest BCUT2D eigenvalue weighted by Gasteiger charge is -2.21. The fourth-order valence-electron chi connectivity index (χ4n) is 3.52. The van der Waals surface area contributed by atoms with Gasteiger partial charge in [0, 0.05) is 21.1 Å². The number of benzene rings is 2. The third-order valence-electron chi connectivity index (χ3n) is 5.43. The van der Waals surface area contributed by atoms with E-state index in [0.29, 0.717) is 22.1 Å². The van der Waals surface area contributed by atoms with Crippen LogP contribution in [0.3, 0.4) is 0 Å². The summed E-state index contributed by atoms with van der Waals surface area (Å²) in [5, 5.41) is 9.76. The van der Waals surface area contributed by atoms with Crippen LogP contribution in [0.15, 0.2) is 41.3 Å². The van der Waals surface area contributed by atoms with Gasteiger partial charge in [0.1, 0.15) is 10.8 Å². The minimum absolute atomic E-state index is 0.147. The number of nitrogens with zero attached hydrogens (tertiary/aromatic N) is 1. The van der Waals surface area contributed by atoms with Crippen LogP contribution in [-0.4, -0.2) is 22.7 Å². The number of carboxylic acids is 1. The molecule has 0 unspecified atom stereocenters. The molecule has 1 aromatic heterocycles. The molecule has 35 heavy (non-hydrogen) atoms. The highest BCUT2D eigenvalue weighted by Crippen LogP contribution is 2.40. The molecule has 0 atom stereocenters. The molecule has 9 heteroatoms. The molecule has 0 aliphatic heterocycles. The lowest BCUT2D eigenvalue weighted by Crippen LogP contribution is -2.13. The summed E-state index contributed by atoms with van der Waals surface area (Å²) in [6, 6.07) is 9.16. The van der Waals surface area contributed by atoms with Crippen molar-refractivity contribution in [3.8, 4) is 16.3 Å². The fraction of sp³-hybridized carbons (Fsp3) is 0.385. The highest BCUT2D eigenvalue weighted by atomic mass is 32.2. The van der Waals surface area contributed by atoms with E-state index in [-0.39, 0.29) is 11.8 Å². The maximum Gasteiger partial charge on any atom is 0.416 e. The van der Waals surface area contributed by atoms with E-state index in [4.69, 9.17) is 9.84 Å². The van der Waals surface area contributed by atoms with E-state index in [1.807, 2.05) is 46.8 Å². The first-order valence-corrected chi connectivity index (χ1v) is 13.0. The zero-order chi connectivity index (χ0) is 25.9. The summed E-state index contributed by atoms with van der Waals surface area (Å²) in [5.74, 6) is 0.577. The van der Waals surface area contributed by atoms with Crippen LogP contribution in [0.1, 0.15) is 66.8 Å². The highest BCUT2D eigenvalue weighted by Gasteiger charge is 2.30. The third-order valence-corrected chi connectivity index (χ3v) is 7.82. The number of rotatable bonds is 9. The van der Waals surface area contributed by atoms with Crippen molar-refractivity contribution < 1.29 is 27.8 Å². The number of halogens is 3. The predicted octanol–water partition coefficient (Wildman–Crippen LogP) is 8.14. The van der Waals surface area contributed by atoms with E-state index in [1.165, 1.54) is 23.5 Å². The summed E-state index contributed by atoms with van der Waals surface area (Å²) in [4.78, 5) is 17.7. The number of thiazole rings is 1. The Labute approximate surface area is 211 Å². The SMILES string of the molecule is Cc1nc(-c2ccc(C(F)(F)F)cc2)sc1CSc1cc(C(C)C)c(OCC(=O)O)c(C(C)C)c1. The molecule has 188 valence electrons. The van der Waals surface area contributed by atoms with Crippen LogP contribution in [0.25, 0.3) is 10.6 Å². The van der Waals surface area contributed by atoms with Gasteiger partial charge in [0.2, 0.25) is 0 Å². The van der Waals surface area contributed by atoms with E-state index < -0.39 is 24.3 Å². The normalized spacial score (nSPS) is 11.9. The number of hydrogen-bond donors (Lipinski definition) is 1. The van der Waals surface area contributed by atoms with Crippen LogP contribution in [-0.2, 0) is 16.7 Å². The molecule has 0 saturated heterocycles. The standard InChI is InChI=1S/C26H28F3NO3S2/c1-14(2)20-10-19(11-21(15(3)4)24(20)33-12-23(31)32)34-13-22-16(5)30-25(35-22)17-6-8-18(9-7-17)26(27,28)29/h6-11,14-15H,12-13H2,1-5H3,(H,31,32). The smallest absolute Gasteiger partial charge is 0.416 e. The van der Waals surface area contributed by atoms with Crippen molar-refractivity contribution in [2.45, 2.75) is 63.3 Å². The van der Waals surface area contributed by atoms with Gasteiger partial charge in [-0.1, -0.05) is 39.8 Å². The topological polar surface area (TPSA) is 59.4 Å². The lowest BCUT2D eigenvalue weighted by molar-refractivity contribution is -0.139. The lowest BCUT2D eigenvalue weighted by atomic mass is 9.94. The van der Waals surface area contributed by atoms with Crippen molar-refractivity contribution >= 4 is 29.1 Å². The summed E-state index contributed by atoms with van der Waals surface area (Å²) in [6.07, 6.45) is -4.36. The minimum Gasteiger partial charge on any atom is -0.481 e. The number of aryl methyl sites for hydroxylation is 1. The molecule has 0 bridgehead atoms. The molecule has 1 heterocycles. The second-order valence-electron chi connectivity index (χ2n) is 8.81. The van der Waals surface area contributed by atoms with Gasteiger partial charge in [0.05, 0.1) is 11.3 Å². The molecule has 0 spiro atoms. The molecule has 0 aliphatic rings. The van der Waals surface area contributed by atoms with Gasteiger partial charge in [-0.05, 0) is 54.2 Å². The molecule has 4 nitrogen and oxygen atoms in total. The second-order valence-corrected chi connectivity index (χ2v) is 10.9. The van der Waals surface area contributed by atoms with E-state index in [2.05, 4.69) is 4.98 Å². The number of hydrogen-bond acceptors (Lipinski definition) is 5. The first-order chi connectivity index (χ1) is 16.4. The monoisotopic (exact) mass is 523 g/mol. The van der Waals surface area contributed by atoms with Gasteiger partial charge in [-0.15, -0.1) is 23.1 Å². The Kier molecular flexibility index (Phi) is 8.54. The van der Waals surface area contributed by atoms with Crippen LogP contribution in [0.2, 0.25) is 0 Å². The van der Waals surface area contributed by atoms with Gasteiger partial charge in [-0.3, -0.25) is 0 Å². The summed E-state index contributed by atoms with van der Waals surface area (Å²) in [5.41, 5.74) is 2.76. The van der Waals surface area contributed by atoms with Crippen molar-refractivity contribution in [2.75, 3.05) is 6.61 Å². The van der Waals surface area contributed by atoms with Gasteiger partial charge in [-0.2, -0.15) is 13.2 Å². The minimum atomic E-state index is -4.36. The average Bonchev–Trinajstić information content (AvgIpc) is 3.15. The number of carbonyl (C=O) groups is 1. The van der Waals surface area contributed by atoms with Crippen molar-refractivity contribution in [3.05, 3.63) is 63.7 Å². The molecule has 3 aromatic rings. The van der Waals surface area contributed by atoms with Crippen molar-refractivity contribution in [2.24, 2.45) is 0 Å². The number of carboxylic acid groups (broad SMARTS) is 1. The van der Waals surface area contributed by atoms with Crippen LogP contribution >= 0.6 is 23.1 Å². The Morgan fingerprint density at radius 2 is 1.66 bits per heavy atom. The van der Waals surface area contributed by atoms with E-state index >= 15 is 0 Å². The molecule has 0 amide bonds. The number of aromatic nitrogens is 1. The zero-order valence-corrected chi connectivity index (χ0v) is 21.8. The molecular formula is C26H28F3NO3S2. The van der Waals surface area contributed by atoms with Crippen LogP contribution < -0.4 is 4.74 Å². The third kappa shape index (κ3) is 6.79. The van der Waals surface area contributed by atoms with Gasteiger partial charge < -0.3 is 9.84 Å². The Hall–Kier alpha value is -2.52. The maximum absolute atomic E-state index is 12.9. The Morgan fingerprint density at radius 1 is 1.09 bits per heavy atom. The van der Waals surface area contributed by atoms with Crippen molar-refractivity contribution in [1.82, 2.24) is 4.98 Å². The van der Waals surface area contributed by atoms with Crippen LogP contribution in [0.4, 0.5) is 13.2 Å². The first kappa shape index (κ1) is 27.1. The van der Waals surface area contributed by atoms with Gasteiger partial charge in [0.25, 0.3) is 0 Å². The van der Waals surface area contributed by atoms with E-state index in [0.717, 1.165) is 38.7 Å². The van der Waals surface area contributed by atoms with Crippen molar-refractivity contribution in [3.63, 3.8) is 0 Å². The fourth-order valence-corrected chi connectivity index (χ4v) is 5.73. The molecule has 0 fully saturated rings. The van der Waals surface area contributed by atoms with Gasteiger partial charge in [-0.25, -0.2) is 9.78 Å². The van der Waals surface area contributed by atoms with Crippen LogP contribution in [0, 0.1) is 6.92 Å². The van der Waals surface area contributed by atoms with E-state index in [9.17, 15) is 18.0 Å². The Balaban J connectivity index is 1.84. The second kappa shape index (κ2) is 11.0. The maximum atomic E-state index is 12.9. The van der Waals surface area contributed by atoms with E-state index in [1.54, 1.807) is 11.8 Å². The molecule has 0 aliphatic carbocycles. The highest BCUT2D eigenvalue weighted by molar-refractivity contribution is 7.98. The largest absolute Gasteiger partial charge is 0.481 e. The number of ether oxygens (including phenoxy) is 1. The summed E-state index contributed by atoms with van der Waals surface area (Å²) >= 11 is 3.13. The molecule has 0 radical (unpaired) electrons. The molecular weight excluding hydrogens is 495 g/mol. The molecule has 2 aromatic carbocycles.